The lowest BCUT2D eigenvalue weighted by Crippen LogP contribution is -2.50. The first-order valence-corrected chi connectivity index (χ1v) is 9.82. The second kappa shape index (κ2) is 8.64. The number of carbonyl (C=O) groups excluding carboxylic acids is 1. The number of anilines is 1. The van der Waals surface area contributed by atoms with Gasteiger partial charge in [0.25, 0.3) is 0 Å². The molecule has 0 aliphatic carbocycles. The lowest BCUT2D eigenvalue weighted by atomic mass is 10.0. The van der Waals surface area contributed by atoms with Crippen LogP contribution < -0.4 is 5.32 Å². The van der Waals surface area contributed by atoms with Gasteiger partial charge in [-0.15, -0.1) is 0 Å². The molecule has 3 N–H and O–H groups in total. The van der Waals surface area contributed by atoms with Gasteiger partial charge in [0.15, 0.2) is 0 Å². The number of halogens is 1. The molecule has 1 fully saturated rings. The van der Waals surface area contributed by atoms with Crippen LogP contribution in [0.2, 0.25) is 0 Å². The summed E-state index contributed by atoms with van der Waals surface area (Å²) in [7, 11) is 0. The number of benzene rings is 2. The first-order chi connectivity index (χ1) is 14.5. The summed E-state index contributed by atoms with van der Waals surface area (Å²) in [5.74, 6) is -1.52. The van der Waals surface area contributed by atoms with E-state index >= 15 is 0 Å². The minimum absolute atomic E-state index is 0.176. The number of hydrogen-bond acceptors (Lipinski definition) is 4. The Balaban J connectivity index is 1.38. The molecule has 1 amide bonds. The number of para-hydroxylation sites is 1. The Bertz CT molecular complexity index is 1060. The Labute approximate surface area is 173 Å². The fraction of sp³-hybridized carbons (Fsp3) is 0.273. The van der Waals surface area contributed by atoms with Crippen LogP contribution in [-0.2, 0) is 9.59 Å². The zero-order valence-corrected chi connectivity index (χ0v) is 16.3. The second-order valence-electron chi connectivity index (χ2n) is 7.40. The topological polar surface area (TPSA) is 88.7 Å². The van der Waals surface area contributed by atoms with E-state index in [4.69, 9.17) is 0 Å². The molecule has 1 aromatic heterocycles. The van der Waals surface area contributed by atoms with E-state index in [2.05, 4.69) is 10.3 Å². The van der Waals surface area contributed by atoms with Crippen molar-refractivity contribution in [1.29, 1.82) is 0 Å². The number of nitrogens with one attached hydrogen (secondary N) is 2. The number of aliphatic carboxylic acids is 1. The maximum Gasteiger partial charge on any atom is 0.325 e. The van der Waals surface area contributed by atoms with E-state index in [9.17, 15) is 19.1 Å². The highest BCUT2D eigenvalue weighted by Crippen LogP contribution is 2.29. The highest BCUT2D eigenvalue weighted by Gasteiger charge is 2.32. The van der Waals surface area contributed by atoms with E-state index in [0.29, 0.717) is 31.9 Å². The quantitative estimate of drug-likeness (QED) is 0.582. The molecule has 1 aliphatic rings. The minimum atomic E-state index is -0.892. The predicted molar refractivity (Wildman–Crippen MR) is 112 cm³/mol. The third-order valence-corrected chi connectivity index (χ3v) is 5.40. The Morgan fingerprint density at radius 1 is 1.10 bits per heavy atom. The summed E-state index contributed by atoms with van der Waals surface area (Å²) in [6.45, 7) is 2.38. The predicted octanol–water partition coefficient (Wildman–Crippen LogP) is 2.69. The smallest absolute Gasteiger partial charge is 0.325 e. The van der Waals surface area contributed by atoms with Gasteiger partial charge in [0, 0.05) is 54.5 Å². The van der Waals surface area contributed by atoms with Crippen LogP contribution in [0.25, 0.3) is 10.9 Å². The maximum atomic E-state index is 13.3. The fourth-order valence-electron chi connectivity index (χ4n) is 3.96. The molecule has 1 aliphatic heterocycles. The van der Waals surface area contributed by atoms with Gasteiger partial charge in [-0.2, -0.15) is 0 Å². The molecule has 1 unspecified atom stereocenters. The number of nitrogens with zero attached hydrogens (tertiary/aromatic N) is 2. The molecule has 0 bridgehead atoms. The monoisotopic (exact) mass is 410 g/mol. The Kier molecular flexibility index (Phi) is 5.78. The van der Waals surface area contributed by atoms with Gasteiger partial charge in [-0.05, 0) is 24.3 Å². The van der Waals surface area contributed by atoms with Crippen LogP contribution in [0.15, 0.2) is 54.7 Å². The van der Waals surface area contributed by atoms with E-state index in [0.717, 1.165) is 16.5 Å². The summed E-state index contributed by atoms with van der Waals surface area (Å²) in [6, 6.07) is 12.7. The molecule has 156 valence electrons. The number of carboxylic acids is 1. The molecule has 7 nitrogen and oxygen atoms in total. The van der Waals surface area contributed by atoms with Crippen LogP contribution in [0.4, 0.5) is 10.1 Å². The largest absolute Gasteiger partial charge is 0.480 e. The molecule has 8 heteroatoms. The van der Waals surface area contributed by atoms with Crippen LogP contribution in [-0.4, -0.2) is 64.5 Å². The van der Waals surface area contributed by atoms with E-state index in [1.807, 2.05) is 34.1 Å². The van der Waals surface area contributed by atoms with Crippen molar-refractivity contribution >= 4 is 28.5 Å². The highest BCUT2D eigenvalue weighted by molar-refractivity contribution is 5.92. The third kappa shape index (κ3) is 4.34. The van der Waals surface area contributed by atoms with Gasteiger partial charge in [0.1, 0.15) is 11.9 Å². The van der Waals surface area contributed by atoms with Gasteiger partial charge in [-0.1, -0.05) is 24.3 Å². The van der Waals surface area contributed by atoms with Crippen molar-refractivity contribution < 1.29 is 19.1 Å². The third-order valence-electron chi connectivity index (χ3n) is 5.40. The van der Waals surface area contributed by atoms with Crippen LogP contribution in [0.5, 0.6) is 0 Å². The summed E-state index contributed by atoms with van der Waals surface area (Å²) in [5.41, 5.74) is 2.07. The van der Waals surface area contributed by atoms with Crippen molar-refractivity contribution in [2.75, 3.05) is 38.0 Å². The minimum Gasteiger partial charge on any atom is -0.480 e. The molecule has 1 atom stereocenters. The molecule has 2 aromatic carbocycles. The van der Waals surface area contributed by atoms with Crippen molar-refractivity contribution in [2.45, 2.75) is 6.04 Å². The summed E-state index contributed by atoms with van der Waals surface area (Å²) < 4.78 is 13.3. The lowest BCUT2D eigenvalue weighted by molar-refractivity contribution is -0.144. The maximum absolute atomic E-state index is 13.3. The number of amides is 1. The van der Waals surface area contributed by atoms with Crippen molar-refractivity contribution in [3.05, 3.63) is 66.1 Å². The molecule has 3 aromatic rings. The number of aromatic amines is 1. The van der Waals surface area contributed by atoms with Crippen LogP contribution in [0.3, 0.4) is 0 Å². The number of carbonyl (C=O) groups is 2. The molecule has 0 radical (unpaired) electrons. The number of piperazine rings is 1. The van der Waals surface area contributed by atoms with E-state index in [1.165, 1.54) is 12.1 Å². The number of aromatic nitrogens is 1. The molecule has 1 saturated heterocycles. The summed E-state index contributed by atoms with van der Waals surface area (Å²) in [5, 5.41) is 13.5. The number of carboxylic acid groups (broad SMARTS) is 1. The highest BCUT2D eigenvalue weighted by atomic mass is 19.1. The molecule has 2 heterocycles. The Morgan fingerprint density at radius 3 is 2.60 bits per heavy atom. The van der Waals surface area contributed by atoms with Crippen molar-refractivity contribution in [1.82, 2.24) is 14.8 Å². The molecule has 0 saturated carbocycles. The van der Waals surface area contributed by atoms with Crippen molar-refractivity contribution in [2.24, 2.45) is 0 Å². The van der Waals surface area contributed by atoms with Gasteiger partial charge in [0.2, 0.25) is 5.91 Å². The SMILES string of the molecule is O=C(CN1CCN(C(C(=O)O)c2c[nH]c3ccccc23)CC1)Nc1cccc(F)c1. The van der Waals surface area contributed by atoms with Crippen molar-refractivity contribution in [3.8, 4) is 0 Å². The van der Waals surface area contributed by atoms with Gasteiger partial charge < -0.3 is 15.4 Å². The summed E-state index contributed by atoms with van der Waals surface area (Å²) in [6.07, 6.45) is 1.77. The summed E-state index contributed by atoms with van der Waals surface area (Å²) in [4.78, 5) is 31.4. The molecule has 4 rings (SSSR count). The molecular weight excluding hydrogens is 387 g/mol. The number of hydrogen-bond donors (Lipinski definition) is 3. The Morgan fingerprint density at radius 2 is 1.87 bits per heavy atom. The van der Waals surface area contributed by atoms with Crippen LogP contribution in [0, 0.1) is 5.82 Å². The Hall–Kier alpha value is -3.23. The fourth-order valence-corrected chi connectivity index (χ4v) is 3.96. The number of rotatable bonds is 6. The first kappa shape index (κ1) is 20.1. The standard InChI is InChI=1S/C22H23FN4O3/c23-15-4-3-5-16(12-15)25-20(28)14-26-8-10-27(11-9-26)21(22(29)30)18-13-24-19-7-2-1-6-17(18)19/h1-7,12-13,21,24H,8-11,14H2,(H,25,28)(H,29,30). The number of fused-ring (bicyclic) bond motifs is 1. The average Bonchev–Trinajstić information content (AvgIpc) is 3.13. The average molecular weight is 410 g/mol. The van der Waals surface area contributed by atoms with Gasteiger partial charge in [0.05, 0.1) is 6.54 Å². The summed E-state index contributed by atoms with van der Waals surface area (Å²) >= 11 is 0. The van der Waals surface area contributed by atoms with Crippen LogP contribution in [0.1, 0.15) is 11.6 Å². The molecule has 0 spiro atoms. The zero-order valence-electron chi connectivity index (χ0n) is 16.3. The van der Waals surface area contributed by atoms with Gasteiger partial charge >= 0.3 is 5.97 Å². The normalized spacial score (nSPS) is 16.4. The van der Waals surface area contributed by atoms with E-state index in [1.54, 1.807) is 18.3 Å². The molecular formula is C22H23FN4O3. The zero-order chi connectivity index (χ0) is 21.1. The van der Waals surface area contributed by atoms with E-state index in [-0.39, 0.29) is 12.5 Å². The lowest BCUT2D eigenvalue weighted by Gasteiger charge is -2.37. The van der Waals surface area contributed by atoms with Gasteiger partial charge in [-0.3, -0.25) is 19.4 Å². The van der Waals surface area contributed by atoms with Crippen molar-refractivity contribution in [3.63, 3.8) is 0 Å². The second-order valence-corrected chi connectivity index (χ2v) is 7.40. The van der Waals surface area contributed by atoms with Crippen LogP contribution >= 0.6 is 0 Å². The van der Waals surface area contributed by atoms with Gasteiger partial charge in [-0.25, -0.2) is 4.39 Å². The first-order valence-electron chi connectivity index (χ1n) is 9.82. The van der Waals surface area contributed by atoms with E-state index < -0.39 is 17.8 Å². The molecule has 30 heavy (non-hydrogen) atoms. The number of H-pyrrole nitrogens is 1.